The summed E-state index contributed by atoms with van der Waals surface area (Å²) in [6.07, 6.45) is -2.75. The van der Waals surface area contributed by atoms with Gasteiger partial charge in [0.25, 0.3) is 0 Å². The summed E-state index contributed by atoms with van der Waals surface area (Å²) in [5.74, 6) is 0.669. The molecule has 3 aromatic rings. The Hall–Kier alpha value is -2.58. The Kier molecular flexibility index (Phi) is 6.14. The van der Waals surface area contributed by atoms with Gasteiger partial charge in [-0.25, -0.2) is 9.67 Å². The Bertz CT molecular complexity index is 947. The molecule has 1 N–H and O–H groups in total. The molecule has 0 saturated heterocycles. The zero-order valence-electron chi connectivity index (χ0n) is 15.5. The van der Waals surface area contributed by atoms with Crippen molar-refractivity contribution in [3.63, 3.8) is 0 Å². The molecule has 0 fully saturated rings. The number of nitrogens with zero attached hydrogens (tertiary/aromatic N) is 3. The number of hydrogen-bond acceptors (Lipinski definition) is 4. The summed E-state index contributed by atoms with van der Waals surface area (Å²) in [5.41, 5.74) is -1.43. The van der Waals surface area contributed by atoms with Crippen molar-refractivity contribution in [3.8, 4) is 11.5 Å². The minimum atomic E-state index is -4.45. The highest BCUT2D eigenvalue weighted by Gasteiger charge is 2.35. The molecule has 1 unspecified atom stereocenters. The van der Waals surface area contributed by atoms with Crippen LogP contribution >= 0.6 is 11.6 Å². The monoisotopic (exact) mass is 425 g/mol. The highest BCUT2D eigenvalue weighted by Crippen LogP contribution is 2.36. The Morgan fingerprint density at radius 3 is 2.38 bits per heavy atom. The van der Waals surface area contributed by atoms with Crippen LogP contribution in [0.15, 0.2) is 55.1 Å². The molecule has 9 heteroatoms. The molecule has 0 aliphatic heterocycles. The van der Waals surface area contributed by atoms with Gasteiger partial charge in [0, 0.05) is 5.02 Å². The van der Waals surface area contributed by atoms with Crippen LogP contribution in [-0.4, -0.2) is 26.0 Å². The third kappa shape index (κ3) is 5.48. The van der Waals surface area contributed by atoms with Gasteiger partial charge in [0.1, 0.15) is 29.8 Å². The number of aliphatic hydroxyl groups is 1. The molecule has 0 spiro atoms. The SMILES string of the molecule is CCC(O)(Cn1cncn1)c1ccc(Oc2ccc(Cl)cc2)cc1CC(F)(F)F. The van der Waals surface area contributed by atoms with Gasteiger partial charge in [0.2, 0.25) is 0 Å². The van der Waals surface area contributed by atoms with Gasteiger partial charge in [-0.05, 0) is 53.9 Å². The van der Waals surface area contributed by atoms with Crippen molar-refractivity contribution in [1.29, 1.82) is 0 Å². The third-order valence-corrected chi connectivity index (χ3v) is 4.75. The lowest BCUT2D eigenvalue weighted by molar-refractivity contribution is -0.127. The van der Waals surface area contributed by atoms with Crippen LogP contribution in [0.4, 0.5) is 13.2 Å². The zero-order chi connectivity index (χ0) is 21.1. The van der Waals surface area contributed by atoms with Crippen LogP contribution in [0.1, 0.15) is 24.5 Å². The molecule has 0 radical (unpaired) electrons. The fraction of sp³-hybridized carbons (Fsp3) is 0.300. The number of ether oxygens (including phenoxy) is 1. The molecule has 1 atom stereocenters. The van der Waals surface area contributed by atoms with Gasteiger partial charge in [-0.2, -0.15) is 18.3 Å². The second-order valence-corrected chi connectivity index (χ2v) is 7.08. The highest BCUT2D eigenvalue weighted by molar-refractivity contribution is 6.30. The molecule has 2 aromatic carbocycles. The molecule has 29 heavy (non-hydrogen) atoms. The number of hydrogen-bond donors (Lipinski definition) is 1. The Balaban J connectivity index is 1.97. The summed E-state index contributed by atoms with van der Waals surface area (Å²) in [4.78, 5) is 3.81. The molecule has 0 saturated carbocycles. The second kappa shape index (κ2) is 8.42. The molecule has 1 aromatic heterocycles. The van der Waals surface area contributed by atoms with Crippen LogP contribution in [0.25, 0.3) is 0 Å². The second-order valence-electron chi connectivity index (χ2n) is 6.65. The van der Waals surface area contributed by atoms with Crippen LogP contribution in [0.3, 0.4) is 0 Å². The van der Waals surface area contributed by atoms with Gasteiger partial charge >= 0.3 is 6.18 Å². The molecule has 3 rings (SSSR count). The quantitative estimate of drug-likeness (QED) is 0.570. The summed E-state index contributed by atoms with van der Waals surface area (Å²) < 4.78 is 46.7. The summed E-state index contributed by atoms with van der Waals surface area (Å²) in [6, 6.07) is 10.8. The normalized spacial score (nSPS) is 13.9. The first-order valence-corrected chi connectivity index (χ1v) is 9.25. The maximum Gasteiger partial charge on any atom is 0.393 e. The Morgan fingerprint density at radius 2 is 1.79 bits per heavy atom. The van der Waals surface area contributed by atoms with E-state index < -0.39 is 18.2 Å². The van der Waals surface area contributed by atoms with Crippen LogP contribution in [0.2, 0.25) is 5.02 Å². The average molecular weight is 426 g/mol. The van der Waals surface area contributed by atoms with E-state index in [0.29, 0.717) is 10.8 Å². The fourth-order valence-electron chi connectivity index (χ4n) is 3.06. The fourth-order valence-corrected chi connectivity index (χ4v) is 3.18. The topological polar surface area (TPSA) is 60.2 Å². The van der Waals surface area contributed by atoms with Gasteiger partial charge in [-0.3, -0.25) is 0 Å². The maximum absolute atomic E-state index is 13.2. The Morgan fingerprint density at radius 1 is 1.10 bits per heavy atom. The average Bonchev–Trinajstić information content (AvgIpc) is 3.15. The van der Waals surface area contributed by atoms with Gasteiger partial charge in [-0.15, -0.1) is 0 Å². The van der Waals surface area contributed by atoms with E-state index in [1.807, 2.05) is 0 Å². The van der Waals surface area contributed by atoms with E-state index in [4.69, 9.17) is 16.3 Å². The molecular formula is C20H19ClF3N3O2. The van der Waals surface area contributed by atoms with Gasteiger partial charge in [0.15, 0.2) is 0 Å². The smallest absolute Gasteiger partial charge is 0.393 e. The van der Waals surface area contributed by atoms with Crippen LogP contribution in [-0.2, 0) is 18.6 Å². The van der Waals surface area contributed by atoms with E-state index in [0.717, 1.165) is 0 Å². The maximum atomic E-state index is 13.2. The van der Waals surface area contributed by atoms with Crippen LogP contribution < -0.4 is 4.74 Å². The molecule has 0 bridgehead atoms. The van der Waals surface area contributed by atoms with E-state index in [1.165, 1.54) is 35.5 Å². The largest absolute Gasteiger partial charge is 0.457 e. The van der Waals surface area contributed by atoms with Crippen molar-refractivity contribution in [3.05, 3.63) is 71.3 Å². The molecule has 154 valence electrons. The molecule has 0 aliphatic carbocycles. The predicted molar refractivity (Wildman–Crippen MR) is 102 cm³/mol. The van der Waals surface area contributed by atoms with Crippen molar-refractivity contribution in [2.45, 2.75) is 38.1 Å². The lowest BCUT2D eigenvalue weighted by Crippen LogP contribution is -2.33. The molecule has 0 aliphatic rings. The summed E-state index contributed by atoms with van der Waals surface area (Å²) in [7, 11) is 0. The molecule has 0 amide bonds. The summed E-state index contributed by atoms with van der Waals surface area (Å²) in [6.45, 7) is 1.68. The van der Waals surface area contributed by atoms with Gasteiger partial charge in [-0.1, -0.05) is 24.6 Å². The molecule has 1 heterocycles. The molecule has 5 nitrogen and oxygen atoms in total. The van der Waals surface area contributed by atoms with Crippen molar-refractivity contribution >= 4 is 11.6 Å². The van der Waals surface area contributed by atoms with Crippen molar-refractivity contribution in [2.75, 3.05) is 0 Å². The summed E-state index contributed by atoms with van der Waals surface area (Å²) >= 11 is 5.84. The first-order chi connectivity index (χ1) is 13.7. The standard InChI is InChI=1S/C20H19ClF3N3O2/c1-2-19(28,11-27-13-25-12-26-27)18-8-7-17(9-14(18)10-20(22,23)24)29-16-5-3-15(21)4-6-16/h3-9,12-13,28H,2,10-11H2,1H3. The first-order valence-electron chi connectivity index (χ1n) is 8.87. The van der Waals surface area contributed by atoms with Crippen LogP contribution in [0, 0.1) is 0 Å². The molecular weight excluding hydrogens is 407 g/mol. The summed E-state index contributed by atoms with van der Waals surface area (Å²) in [5, 5.41) is 15.6. The lowest BCUT2D eigenvalue weighted by atomic mass is 9.86. The van der Waals surface area contributed by atoms with Crippen molar-refractivity contribution < 1.29 is 23.0 Å². The Labute approximate surface area is 170 Å². The van der Waals surface area contributed by atoms with E-state index in [1.54, 1.807) is 31.2 Å². The highest BCUT2D eigenvalue weighted by atomic mass is 35.5. The van der Waals surface area contributed by atoms with Crippen LogP contribution in [0.5, 0.6) is 11.5 Å². The van der Waals surface area contributed by atoms with E-state index in [9.17, 15) is 18.3 Å². The number of halogens is 4. The number of benzene rings is 2. The van der Waals surface area contributed by atoms with E-state index >= 15 is 0 Å². The minimum Gasteiger partial charge on any atom is -0.457 e. The van der Waals surface area contributed by atoms with Gasteiger partial charge < -0.3 is 9.84 Å². The number of rotatable bonds is 7. The van der Waals surface area contributed by atoms with E-state index in [2.05, 4.69) is 10.1 Å². The zero-order valence-corrected chi connectivity index (χ0v) is 16.3. The van der Waals surface area contributed by atoms with Gasteiger partial charge in [0.05, 0.1) is 13.0 Å². The minimum absolute atomic E-state index is 0.0221. The number of aromatic nitrogens is 3. The number of alkyl halides is 3. The van der Waals surface area contributed by atoms with Crippen molar-refractivity contribution in [1.82, 2.24) is 14.8 Å². The third-order valence-electron chi connectivity index (χ3n) is 4.49. The first kappa shape index (κ1) is 21.1. The lowest BCUT2D eigenvalue weighted by Gasteiger charge is -2.30. The van der Waals surface area contributed by atoms with Crippen molar-refractivity contribution in [2.24, 2.45) is 0 Å². The van der Waals surface area contributed by atoms with E-state index in [-0.39, 0.29) is 29.8 Å². The predicted octanol–water partition coefficient (Wildman–Crippen LogP) is 5.13.